The molecule has 2 aromatic carbocycles. The van der Waals surface area contributed by atoms with Crippen molar-refractivity contribution in [1.82, 2.24) is 9.80 Å². The summed E-state index contributed by atoms with van der Waals surface area (Å²) in [6, 6.07) is 3.65. The van der Waals surface area contributed by atoms with Gasteiger partial charge in [-0.25, -0.2) is 4.79 Å². The van der Waals surface area contributed by atoms with Crippen LogP contribution in [0, 0.1) is 66.2 Å². The van der Waals surface area contributed by atoms with Gasteiger partial charge in [-0.1, -0.05) is 12.1 Å². The van der Waals surface area contributed by atoms with Gasteiger partial charge < -0.3 is 19.6 Å². The average Bonchev–Trinajstić information content (AvgIpc) is 3.43. The number of carbonyl (C=O) groups excluding carboxylic acids is 4. The Morgan fingerprint density at radius 3 is 1.31 bits per heavy atom. The number of hydrogen-bond acceptors (Lipinski definition) is 6. The molecule has 2 amide bonds. The summed E-state index contributed by atoms with van der Waals surface area (Å²) in [5, 5.41) is 10.2. The Kier molecular flexibility index (Phi) is 13.7. The first-order valence-electron chi connectivity index (χ1n) is 17.4. The first-order chi connectivity index (χ1) is 24.8. The maximum absolute atomic E-state index is 13.9. The van der Waals surface area contributed by atoms with Crippen LogP contribution >= 0.6 is 0 Å². The number of ether oxygens (including phenoxy) is 1. The van der Waals surface area contributed by atoms with E-state index in [0.717, 1.165) is 46.6 Å². The van der Waals surface area contributed by atoms with Gasteiger partial charge in [0.1, 0.15) is 22.3 Å². The molecule has 2 aromatic rings. The molecule has 304 valence electrons. The summed E-state index contributed by atoms with van der Waals surface area (Å²) in [5.74, 6) is -2.72. The van der Waals surface area contributed by atoms with Gasteiger partial charge in [-0.15, -0.1) is 0 Å². The van der Waals surface area contributed by atoms with Crippen molar-refractivity contribution in [3.8, 4) is 0 Å². The molecule has 1 N–H and O–H groups in total. The Hall–Kier alpha value is -4.62. The molecular weight excluding hydrogens is 730 g/mol. The number of carbonyl (C=O) groups is 4. The molecule has 55 heavy (non-hydrogen) atoms. The van der Waals surface area contributed by atoms with Crippen LogP contribution in [0.1, 0.15) is 89.2 Å². The summed E-state index contributed by atoms with van der Waals surface area (Å²) >= 11 is 0. The highest BCUT2D eigenvalue weighted by atomic mass is 19.4. The van der Waals surface area contributed by atoms with Crippen LogP contribution in [0.2, 0.25) is 0 Å². The Balaban J connectivity index is 0.000000336. The van der Waals surface area contributed by atoms with E-state index in [4.69, 9.17) is 4.74 Å². The number of aryl methyl sites for hydroxylation is 4. The molecule has 4 rings (SSSR count). The number of alkyl halides is 6. The fourth-order valence-electron chi connectivity index (χ4n) is 6.45. The van der Waals surface area contributed by atoms with Crippen molar-refractivity contribution in [2.75, 3.05) is 28.2 Å². The van der Waals surface area contributed by atoms with E-state index in [1.165, 1.54) is 25.9 Å². The largest absolute Gasteiger partial charge is 0.511 e. The number of hydrogen-bond donors (Lipinski definition) is 1. The van der Waals surface area contributed by atoms with Gasteiger partial charge in [0.05, 0.1) is 11.1 Å². The summed E-state index contributed by atoms with van der Waals surface area (Å²) in [6.07, 6.45) is -11.9. The summed E-state index contributed by atoms with van der Waals surface area (Å²) in [6.45, 7) is 17.8. The molecule has 2 atom stereocenters. The second-order valence-electron chi connectivity index (χ2n) is 15.2. The zero-order chi connectivity index (χ0) is 43.1. The molecule has 0 saturated heterocycles. The third-order valence-corrected chi connectivity index (χ3v) is 10.7. The molecule has 0 aromatic heterocycles. The molecule has 0 saturated carbocycles. The Bertz CT molecular complexity index is 1970. The molecule has 0 radical (unpaired) electrons. The molecule has 0 aliphatic heterocycles. The zero-order valence-electron chi connectivity index (χ0n) is 34.2. The average molecular weight is 783 g/mol. The van der Waals surface area contributed by atoms with Crippen molar-refractivity contribution in [1.29, 1.82) is 0 Å². The standard InChI is InChI=1S/C20H24F3NO3.C17H19F3O2.C4H9NO/c1-10-8-11(2)15(13(4)12(10)3)16-14(25)9-19(5,20(21,22)23)17(16)27-18(26)24(6)7;1-8-6-9(2)13(11(4)10(8)3)14-12(21)7-16(5,15(14)22)17(18,19)20;1-4(6)5(2)3/h8H,9H2,1-7H3;6,22H,7H2,1-5H3;1-3H3. The van der Waals surface area contributed by atoms with Crippen LogP contribution in [0.5, 0.6) is 0 Å². The lowest BCUT2D eigenvalue weighted by Crippen LogP contribution is -2.38. The molecule has 0 spiro atoms. The van der Waals surface area contributed by atoms with Crippen LogP contribution in [-0.2, 0) is 19.1 Å². The van der Waals surface area contributed by atoms with Gasteiger partial charge >= 0.3 is 18.4 Å². The highest BCUT2D eigenvalue weighted by molar-refractivity contribution is 6.25. The number of benzene rings is 2. The number of aliphatic hydroxyl groups excluding tert-OH is 1. The van der Waals surface area contributed by atoms with E-state index >= 15 is 0 Å². The van der Waals surface area contributed by atoms with Crippen LogP contribution in [0.15, 0.2) is 23.7 Å². The summed E-state index contributed by atoms with van der Waals surface area (Å²) < 4.78 is 86.5. The van der Waals surface area contributed by atoms with Gasteiger partial charge in [0.25, 0.3) is 0 Å². The molecular formula is C41H52F6N2O6. The van der Waals surface area contributed by atoms with Gasteiger partial charge in [-0.3, -0.25) is 14.4 Å². The number of halogens is 6. The topological polar surface area (TPSA) is 104 Å². The van der Waals surface area contributed by atoms with E-state index < -0.39 is 65.2 Å². The third kappa shape index (κ3) is 8.94. The number of amides is 2. The first-order valence-corrected chi connectivity index (χ1v) is 17.4. The van der Waals surface area contributed by atoms with Crippen LogP contribution in [0.4, 0.5) is 31.1 Å². The minimum absolute atomic E-state index is 0.0926. The molecule has 8 nitrogen and oxygen atoms in total. The first kappa shape index (κ1) is 46.5. The van der Waals surface area contributed by atoms with Crippen molar-refractivity contribution in [3.63, 3.8) is 0 Å². The Labute approximate surface area is 319 Å². The third-order valence-electron chi connectivity index (χ3n) is 10.7. The SMILES string of the molecule is CC(=O)N(C)C.Cc1cc(C)c(C2=C(O)C(C)(C(F)(F)F)CC2=O)c(C)c1C.Cc1cc(C)c(C2=C(OC(=O)N(C)C)C(C)(C(F)(F)F)CC2=O)c(C)c1C. The maximum Gasteiger partial charge on any atom is 0.414 e. The fourth-order valence-corrected chi connectivity index (χ4v) is 6.45. The van der Waals surface area contributed by atoms with E-state index in [2.05, 4.69) is 0 Å². The van der Waals surface area contributed by atoms with Gasteiger partial charge in [0.2, 0.25) is 5.91 Å². The lowest BCUT2D eigenvalue weighted by Gasteiger charge is -2.29. The molecule has 2 aliphatic rings. The van der Waals surface area contributed by atoms with Crippen LogP contribution in [-0.4, -0.2) is 79.0 Å². The van der Waals surface area contributed by atoms with Crippen molar-refractivity contribution < 1.29 is 55.4 Å². The van der Waals surface area contributed by atoms with Crippen LogP contribution in [0.3, 0.4) is 0 Å². The summed E-state index contributed by atoms with van der Waals surface area (Å²) in [5.41, 5.74) is 2.04. The lowest BCUT2D eigenvalue weighted by molar-refractivity contribution is -0.212. The van der Waals surface area contributed by atoms with Gasteiger partial charge in [-0.05, 0) is 125 Å². The van der Waals surface area contributed by atoms with Gasteiger partial charge in [0, 0.05) is 48.0 Å². The quantitative estimate of drug-likeness (QED) is 0.311. The number of allylic oxidation sites excluding steroid dienone is 4. The number of rotatable bonds is 3. The second kappa shape index (κ2) is 16.2. The molecule has 2 unspecified atom stereocenters. The van der Waals surface area contributed by atoms with Crippen LogP contribution in [0.25, 0.3) is 11.1 Å². The summed E-state index contributed by atoms with van der Waals surface area (Å²) in [4.78, 5) is 49.7. The number of ketones is 2. The maximum atomic E-state index is 13.9. The van der Waals surface area contributed by atoms with E-state index in [1.807, 2.05) is 39.8 Å². The molecule has 0 bridgehead atoms. The highest BCUT2D eigenvalue weighted by Crippen LogP contribution is 2.56. The van der Waals surface area contributed by atoms with Crippen molar-refractivity contribution >= 4 is 34.7 Å². The van der Waals surface area contributed by atoms with Gasteiger partial charge in [-0.2, -0.15) is 26.3 Å². The fraction of sp³-hybridized carbons (Fsp3) is 0.512. The molecule has 0 heterocycles. The number of nitrogens with zero attached hydrogens (tertiary/aromatic N) is 2. The van der Waals surface area contributed by atoms with E-state index in [1.54, 1.807) is 41.8 Å². The van der Waals surface area contributed by atoms with Gasteiger partial charge in [0.15, 0.2) is 11.6 Å². The van der Waals surface area contributed by atoms with Crippen molar-refractivity contribution in [2.24, 2.45) is 10.8 Å². The van der Waals surface area contributed by atoms with Crippen molar-refractivity contribution in [3.05, 3.63) is 79.3 Å². The van der Waals surface area contributed by atoms with Crippen molar-refractivity contribution in [2.45, 2.75) is 101 Å². The Morgan fingerprint density at radius 2 is 0.982 bits per heavy atom. The smallest absolute Gasteiger partial charge is 0.414 e. The van der Waals surface area contributed by atoms with E-state index in [-0.39, 0.29) is 17.1 Å². The second-order valence-corrected chi connectivity index (χ2v) is 15.2. The number of Topliss-reactive ketones (excluding diaryl/α,β-unsaturated/α-hetero) is 2. The number of aliphatic hydroxyl groups is 1. The minimum atomic E-state index is -4.74. The van der Waals surface area contributed by atoms with Crippen LogP contribution < -0.4 is 0 Å². The monoisotopic (exact) mass is 782 g/mol. The van der Waals surface area contributed by atoms with E-state index in [9.17, 15) is 50.6 Å². The lowest BCUT2D eigenvalue weighted by atomic mass is 9.86. The summed E-state index contributed by atoms with van der Waals surface area (Å²) in [7, 11) is 6.19. The molecule has 0 fully saturated rings. The molecule has 2 aliphatic carbocycles. The normalized spacial score (nSPS) is 19.9. The Morgan fingerprint density at radius 1 is 0.636 bits per heavy atom. The van der Waals surface area contributed by atoms with E-state index in [0.29, 0.717) is 27.8 Å². The predicted octanol–water partition coefficient (Wildman–Crippen LogP) is 9.70. The minimum Gasteiger partial charge on any atom is -0.511 e. The predicted molar refractivity (Wildman–Crippen MR) is 199 cm³/mol. The zero-order valence-corrected chi connectivity index (χ0v) is 34.2. The molecule has 14 heteroatoms. The highest BCUT2D eigenvalue weighted by Gasteiger charge is 2.62.